The zero-order valence-electron chi connectivity index (χ0n) is 17.7. The zero-order chi connectivity index (χ0) is 21.9. The van der Waals surface area contributed by atoms with Gasteiger partial charge in [-0.3, -0.25) is 4.79 Å². The highest BCUT2D eigenvalue weighted by molar-refractivity contribution is 5.87. The first-order chi connectivity index (χ1) is 15.7. The van der Waals surface area contributed by atoms with Crippen LogP contribution in [0.3, 0.4) is 0 Å². The van der Waals surface area contributed by atoms with Crippen molar-refractivity contribution in [2.24, 2.45) is 0 Å². The first-order valence-electron chi connectivity index (χ1n) is 10.9. The smallest absolute Gasteiger partial charge is 0.304 e. The van der Waals surface area contributed by atoms with Crippen molar-refractivity contribution in [2.45, 2.75) is 25.3 Å². The molecule has 1 aliphatic heterocycles. The van der Waals surface area contributed by atoms with Gasteiger partial charge in [-0.2, -0.15) is 0 Å². The number of fused-ring (bicyclic) bond motifs is 2. The largest absolute Gasteiger partial charge is 0.493 e. The molecule has 1 unspecified atom stereocenters. The van der Waals surface area contributed by atoms with E-state index in [1.54, 1.807) is 0 Å². The standard InChI is InChI=1S/C27H25NO4/c29-27(30)16-21-18-32-26-17-22(11-12-23(21)26)31-14-6-13-28-24-10-5-4-9-20(24)15-25(28)19-7-2-1-3-8-19/h1-5,7-12,15,17,21H,6,13-14,16,18H2,(H,29,30). The number of benzene rings is 3. The first-order valence-corrected chi connectivity index (χ1v) is 10.9. The summed E-state index contributed by atoms with van der Waals surface area (Å²) in [7, 11) is 0. The molecule has 0 aliphatic carbocycles. The second kappa shape index (κ2) is 8.79. The summed E-state index contributed by atoms with van der Waals surface area (Å²) in [5.41, 5.74) is 4.59. The minimum absolute atomic E-state index is 0.0851. The van der Waals surface area contributed by atoms with Gasteiger partial charge in [0.2, 0.25) is 0 Å². The van der Waals surface area contributed by atoms with Crippen LogP contribution < -0.4 is 9.47 Å². The van der Waals surface area contributed by atoms with Crippen molar-refractivity contribution in [3.05, 3.63) is 84.4 Å². The first kappa shape index (κ1) is 20.2. The van der Waals surface area contributed by atoms with Gasteiger partial charge < -0.3 is 19.1 Å². The Kier molecular flexibility index (Phi) is 5.55. The quantitative estimate of drug-likeness (QED) is 0.365. The molecule has 0 saturated carbocycles. The highest BCUT2D eigenvalue weighted by Gasteiger charge is 2.26. The van der Waals surface area contributed by atoms with E-state index in [1.807, 2.05) is 24.3 Å². The number of hydrogen-bond donors (Lipinski definition) is 1. The fourth-order valence-electron chi connectivity index (χ4n) is 4.44. The van der Waals surface area contributed by atoms with Crippen LogP contribution in [0.1, 0.15) is 24.3 Å². The normalized spacial score (nSPS) is 14.8. The minimum atomic E-state index is -0.806. The summed E-state index contributed by atoms with van der Waals surface area (Å²) in [5, 5.41) is 10.3. The molecule has 2 heterocycles. The Bertz CT molecular complexity index is 1250. The minimum Gasteiger partial charge on any atom is -0.493 e. The predicted octanol–water partition coefficient (Wildman–Crippen LogP) is 5.73. The van der Waals surface area contributed by atoms with Gasteiger partial charge in [-0.25, -0.2) is 0 Å². The maximum atomic E-state index is 11.0. The highest BCUT2D eigenvalue weighted by atomic mass is 16.5. The van der Waals surface area contributed by atoms with Crippen molar-refractivity contribution in [3.8, 4) is 22.8 Å². The van der Waals surface area contributed by atoms with E-state index in [4.69, 9.17) is 14.6 Å². The number of carboxylic acids is 1. The molecule has 1 aromatic heterocycles. The third-order valence-corrected chi connectivity index (χ3v) is 5.96. The lowest BCUT2D eigenvalue weighted by Crippen LogP contribution is -2.07. The van der Waals surface area contributed by atoms with E-state index in [0.29, 0.717) is 13.2 Å². The Labute approximate surface area is 186 Å². The lowest BCUT2D eigenvalue weighted by atomic mass is 9.98. The Morgan fingerprint density at radius 3 is 2.69 bits per heavy atom. The van der Waals surface area contributed by atoms with E-state index >= 15 is 0 Å². The van der Waals surface area contributed by atoms with E-state index in [1.165, 1.54) is 22.2 Å². The maximum Gasteiger partial charge on any atom is 0.304 e. The molecule has 162 valence electrons. The second-order valence-corrected chi connectivity index (χ2v) is 8.11. The molecule has 0 radical (unpaired) electrons. The number of aromatic nitrogens is 1. The Balaban J connectivity index is 1.26. The second-order valence-electron chi connectivity index (χ2n) is 8.11. The van der Waals surface area contributed by atoms with Crippen molar-refractivity contribution in [1.29, 1.82) is 0 Å². The van der Waals surface area contributed by atoms with Crippen molar-refractivity contribution in [3.63, 3.8) is 0 Å². The number of para-hydroxylation sites is 1. The summed E-state index contributed by atoms with van der Waals surface area (Å²) < 4.78 is 14.0. The van der Waals surface area contributed by atoms with E-state index in [0.717, 1.165) is 30.0 Å². The molecule has 5 nitrogen and oxygen atoms in total. The molecule has 0 saturated heterocycles. The van der Waals surface area contributed by atoms with Crippen LogP contribution in [0.2, 0.25) is 0 Å². The van der Waals surface area contributed by atoms with Gasteiger partial charge in [0, 0.05) is 40.7 Å². The van der Waals surface area contributed by atoms with E-state index in [-0.39, 0.29) is 12.3 Å². The average Bonchev–Trinajstić information content (AvgIpc) is 3.38. The maximum absolute atomic E-state index is 11.0. The van der Waals surface area contributed by atoms with Crippen molar-refractivity contribution >= 4 is 16.9 Å². The number of aliphatic carboxylic acids is 1. The van der Waals surface area contributed by atoms with E-state index in [2.05, 4.69) is 59.2 Å². The molecule has 0 fully saturated rings. The van der Waals surface area contributed by atoms with Crippen LogP contribution in [-0.2, 0) is 11.3 Å². The summed E-state index contributed by atoms with van der Waals surface area (Å²) in [5.74, 6) is 0.589. The summed E-state index contributed by atoms with van der Waals surface area (Å²) >= 11 is 0. The van der Waals surface area contributed by atoms with Crippen molar-refractivity contribution < 1.29 is 19.4 Å². The summed E-state index contributed by atoms with van der Waals surface area (Å²) in [6.45, 7) is 1.84. The molecule has 5 heteroatoms. The molecule has 1 N–H and O–H groups in total. The number of carboxylic acid groups (broad SMARTS) is 1. The zero-order valence-corrected chi connectivity index (χ0v) is 17.7. The van der Waals surface area contributed by atoms with E-state index in [9.17, 15) is 4.79 Å². The van der Waals surface area contributed by atoms with Crippen molar-refractivity contribution in [1.82, 2.24) is 4.57 Å². The lowest BCUT2D eigenvalue weighted by molar-refractivity contribution is -0.137. The molecule has 4 aromatic rings. The molecule has 3 aromatic carbocycles. The van der Waals surface area contributed by atoms with Gasteiger partial charge in [0.25, 0.3) is 0 Å². The van der Waals surface area contributed by atoms with Gasteiger partial charge in [-0.05, 0) is 30.2 Å². The van der Waals surface area contributed by atoms with Crippen LogP contribution in [0.25, 0.3) is 22.2 Å². The molecule has 5 rings (SSSR count). The number of nitrogens with zero attached hydrogens (tertiary/aromatic N) is 1. The van der Waals surface area contributed by atoms with Crippen LogP contribution in [0.15, 0.2) is 78.9 Å². The summed E-state index contributed by atoms with van der Waals surface area (Å²) in [4.78, 5) is 11.0. The Hall–Kier alpha value is -3.73. The highest BCUT2D eigenvalue weighted by Crippen LogP contribution is 2.38. The molecule has 0 spiro atoms. The molecule has 1 atom stereocenters. The van der Waals surface area contributed by atoms with Crippen LogP contribution in [0.5, 0.6) is 11.5 Å². The Morgan fingerprint density at radius 2 is 1.84 bits per heavy atom. The molecule has 1 aliphatic rings. The van der Waals surface area contributed by atoms with Gasteiger partial charge in [-0.15, -0.1) is 0 Å². The van der Waals surface area contributed by atoms with Crippen LogP contribution in [0, 0.1) is 0 Å². The van der Waals surface area contributed by atoms with Crippen molar-refractivity contribution in [2.75, 3.05) is 13.2 Å². The fraction of sp³-hybridized carbons (Fsp3) is 0.222. The van der Waals surface area contributed by atoms with Gasteiger partial charge in [0.05, 0.1) is 19.6 Å². The number of carbonyl (C=O) groups is 1. The van der Waals surface area contributed by atoms with Crippen LogP contribution in [-0.4, -0.2) is 28.9 Å². The molecular formula is C27H25NO4. The van der Waals surface area contributed by atoms with Crippen LogP contribution >= 0.6 is 0 Å². The number of rotatable bonds is 8. The van der Waals surface area contributed by atoms with Gasteiger partial charge >= 0.3 is 5.97 Å². The van der Waals surface area contributed by atoms with Gasteiger partial charge in [0.15, 0.2) is 0 Å². The third kappa shape index (κ3) is 4.06. The van der Waals surface area contributed by atoms with E-state index < -0.39 is 5.97 Å². The predicted molar refractivity (Wildman–Crippen MR) is 124 cm³/mol. The SMILES string of the molecule is O=C(O)CC1COc2cc(OCCCn3c(-c4ccccc4)cc4ccccc43)ccc21. The molecule has 0 amide bonds. The monoisotopic (exact) mass is 427 g/mol. The molecule has 0 bridgehead atoms. The number of ether oxygens (including phenoxy) is 2. The summed E-state index contributed by atoms with van der Waals surface area (Å²) in [6.07, 6.45) is 0.944. The fourth-order valence-corrected chi connectivity index (χ4v) is 4.44. The van der Waals surface area contributed by atoms with Gasteiger partial charge in [-0.1, -0.05) is 54.6 Å². The average molecular weight is 428 g/mol. The molecular weight excluding hydrogens is 402 g/mol. The Morgan fingerprint density at radius 1 is 1.03 bits per heavy atom. The van der Waals surface area contributed by atoms with Crippen LogP contribution in [0.4, 0.5) is 0 Å². The summed E-state index contributed by atoms with van der Waals surface area (Å²) in [6, 6.07) is 26.9. The van der Waals surface area contributed by atoms with Gasteiger partial charge in [0.1, 0.15) is 11.5 Å². The third-order valence-electron chi connectivity index (χ3n) is 5.96. The molecule has 32 heavy (non-hydrogen) atoms. The lowest BCUT2D eigenvalue weighted by Gasteiger charge is -2.12. The number of hydrogen-bond acceptors (Lipinski definition) is 3. The number of aryl methyl sites for hydroxylation is 1. The topological polar surface area (TPSA) is 60.7 Å².